The number of amides is 1. The van der Waals surface area contributed by atoms with Gasteiger partial charge in [0.15, 0.2) is 0 Å². The fourth-order valence-corrected chi connectivity index (χ4v) is 2.88. The third kappa shape index (κ3) is 31.3. The molecule has 0 unspecified atom stereocenters. The van der Waals surface area contributed by atoms with E-state index in [-0.39, 0.29) is 32.1 Å². The number of carbonyl (C=O) groups excluding carboxylic acids is 3. The monoisotopic (exact) mass is 655 g/mol. The second-order valence-corrected chi connectivity index (χ2v) is 10.2. The Labute approximate surface area is 265 Å². The lowest BCUT2D eigenvalue weighted by molar-refractivity contribution is -0.151. The Morgan fingerprint density at radius 1 is 0.533 bits per heavy atom. The van der Waals surface area contributed by atoms with Crippen molar-refractivity contribution in [3.63, 3.8) is 0 Å². The van der Waals surface area contributed by atoms with E-state index in [0.29, 0.717) is 106 Å². The van der Waals surface area contributed by atoms with Gasteiger partial charge < -0.3 is 57.4 Å². The molecule has 16 heteroatoms. The van der Waals surface area contributed by atoms with Gasteiger partial charge in [-0.3, -0.25) is 9.59 Å². The molecule has 0 fully saturated rings. The normalized spacial score (nSPS) is 11.4. The van der Waals surface area contributed by atoms with E-state index < -0.39 is 23.3 Å². The quantitative estimate of drug-likeness (QED) is 0.0632. The molecule has 0 aromatic carbocycles. The summed E-state index contributed by atoms with van der Waals surface area (Å²) in [6.45, 7) is 12.4. The van der Waals surface area contributed by atoms with Crippen LogP contribution in [0.25, 0.3) is 0 Å². The molecular formula is C29H53NO15. The Bertz CT molecular complexity index is 775. The van der Waals surface area contributed by atoms with Crippen LogP contribution in [0.5, 0.6) is 0 Å². The third-order valence-corrected chi connectivity index (χ3v) is 5.17. The standard InChI is InChI=1S/C29H53NO15/c1-29(2,3)45-28(35)30(4)7-8-36-9-10-37-11-12-38-13-14-39-15-16-40-17-18-41-19-20-42-21-22-43-23-24-44-26(32)6-5-25(31)27(33)34/h5-24H2,1-4H3,(H,33,34). The van der Waals surface area contributed by atoms with Crippen molar-refractivity contribution >= 4 is 23.8 Å². The van der Waals surface area contributed by atoms with E-state index in [1.54, 1.807) is 7.05 Å². The smallest absolute Gasteiger partial charge is 0.410 e. The fourth-order valence-electron chi connectivity index (χ4n) is 2.88. The first-order valence-corrected chi connectivity index (χ1v) is 15.0. The van der Waals surface area contributed by atoms with E-state index in [9.17, 15) is 19.2 Å². The lowest BCUT2D eigenvalue weighted by Crippen LogP contribution is -2.36. The van der Waals surface area contributed by atoms with Gasteiger partial charge in [0.25, 0.3) is 0 Å². The van der Waals surface area contributed by atoms with Crippen LogP contribution < -0.4 is 0 Å². The average molecular weight is 656 g/mol. The van der Waals surface area contributed by atoms with Crippen molar-refractivity contribution in [2.45, 2.75) is 39.2 Å². The lowest BCUT2D eigenvalue weighted by Gasteiger charge is -2.24. The van der Waals surface area contributed by atoms with Gasteiger partial charge in [0.1, 0.15) is 12.2 Å². The molecular weight excluding hydrogens is 602 g/mol. The number of Topliss-reactive ketones (excluding diaryl/α,β-unsaturated/α-hetero) is 1. The van der Waals surface area contributed by atoms with Gasteiger partial charge in [0.2, 0.25) is 5.78 Å². The number of hydrogen-bond acceptors (Lipinski definition) is 14. The molecule has 1 N–H and O–H groups in total. The zero-order valence-electron chi connectivity index (χ0n) is 27.3. The van der Waals surface area contributed by atoms with Crippen molar-refractivity contribution < 1.29 is 71.7 Å². The maximum Gasteiger partial charge on any atom is 0.410 e. The Hall–Kier alpha value is -2.44. The molecule has 0 rings (SSSR count). The Morgan fingerprint density at radius 3 is 1.20 bits per heavy atom. The van der Waals surface area contributed by atoms with Crippen LogP contribution in [0.3, 0.4) is 0 Å². The van der Waals surface area contributed by atoms with E-state index >= 15 is 0 Å². The van der Waals surface area contributed by atoms with Crippen LogP contribution in [0.15, 0.2) is 0 Å². The molecule has 0 radical (unpaired) electrons. The fraction of sp³-hybridized carbons (Fsp3) is 0.862. The highest BCUT2D eigenvalue weighted by molar-refractivity contribution is 6.32. The molecule has 0 saturated carbocycles. The minimum Gasteiger partial charge on any atom is -0.476 e. The highest BCUT2D eigenvalue weighted by Crippen LogP contribution is 2.08. The summed E-state index contributed by atoms with van der Waals surface area (Å²) >= 11 is 0. The number of nitrogens with zero attached hydrogens (tertiary/aromatic N) is 1. The molecule has 0 saturated heterocycles. The summed E-state index contributed by atoms with van der Waals surface area (Å²) in [5.41, 5.74) is -0.522. The van der Waals surface area contributed by atoms with Crippen molar-refractivity contribution in [3.8, 4) is 0 Å². The summed E-state index contributed by atoms with van der Waals surface area (Å²) in [6, 6.07) is 0. The van der Waals surface area contributed by atoms with Crippen molar-refractivity contribution in [1.82, 2.24) is 4.90 Å². The van der Waals surface area contributed by atoms with Crippen molar-refractivity contribution in [3.05, 3.63) is 0 Å². The maximum atomic E-state index is 11.8. The summed E-state index contributed by atoms with van der Waals surface area (Å²) in [5, 5.41) is 8.43. The molecule has 0 aliphatic carbocycles. The topological polar surface area (TPSA) is 184 Å². The van der Waals surface area contributed by atoms with Crippen molar-refractivity contribution in [2.75, 3.05) is 126 Å². The summed E-state index contributed by atoms with van der Waals surface area (Å²) in [5.74, 6) is -3.25. The molecule has 16 nitrogen and oxygen atoms in total. The van der Waals surface area contributed by atoms with Gasteiger partial charge in [-0.25, -0.2) is 9.59 Å². The minimum absolute atomic E-state index is 0.0100. The zero-order chi connectivity index (χ0) is 33.6. The van der Waals surface area contributed by atoms with Gasteiger partial charge in [0, 0.05) is 20.0 Å². The molecule has 0 aromatic heterocycles. The van der Waals surface area contributed by atoms with Gasteiger partial charge in [-0.1, -0.05) is 0 Å². The van der Waals surface area contributed by atoms with Gasteiger partial charge in [-0.2, -0.15) is 0 Å². The molecule has 0 atom stereocenters. The van der Waals surface area contributed by atoms with Crippen LogP contribution in [0.2, 0.25) is 0 Å². The number of ether oxygens (including phenoxy) is 10. The van der Waals surface area contributed by atoms with Crippen LogP contribution >= 0.6 is 0 Å². The van der Waals surface area contributed by atoms with Gasteiger partial charge in [-0.15, -0.1) is 0 Å². The summed E-state index contributed by atoms with van der Waals surface area (Å²) in [6.07, 6.45) is -1.04. The Morgan fingerprint density at radius 2 is 0.867 bits per heavy atom. The molecule has 0 aliphatic heterocycles. The summed E-state index contributed by atoms with van der Waals surface area (Å²) in [7, 11) is 1.67. The summed E-state index contributed by atoms with van der Waals surface area (Å²) < 4.78 is 53.3. The maximum absolute atomic E-state index is 11.8. The molecule has 0 bridgehead atoms. The third-order valence-electron chi connectivity index (χ3n) is 5.17. The van der Waals surface area contributed by atoms with Gasteiger partial charge >= 0.3 is 18.0 Å². The molecule has 0 heterocycles. The largest absolute Gasteiger partial charge is 0.476 e. The Kier molecular flexibility index (Phi) is 27.4. The number of ketones is 1. The van der Waals surface area contributed by atoms with Gasteiger partial charge in [-0.05, 0) is 20.8 Å². The predicted molar refractivity (Wildman–Crippen MR) is 158 cm³/mol. The van der Waals surface area contributed by atoms with Crippen molar-refractivity contribution in [2.24, 2.45) is 0 Å². The van der Waals surface area contributed by atoms with Crippen LogP contribution in [0.4, 0.5) is 4.79 Å². The zero-order valence-corrected chi connectivity index (χ0v) is 27.3. The number of esters is 1. The lowest BCUT2D eigenvalue weighted by atomic mass is 10.2. The summed E-state index contributed by atoms with van der Waals surface area (Å²) in [4.78, 5) is 45.9. The van der Waals surface area contributed by atoms with E-state index in [0.717, 1.165) is 0 Å². The first-order chi connectivity index (χ1) is 21.5. The SMILES string of the molecule is CN(CCOCCOCCOCCOCCOCCOCCOCCOCCOC(=O)CCC(=O)C(=O)O)C(=O)OC(C)(C)C. The number of carboxylic acids is 1. The van der Waals surface area contributed by atoms with Crippen LogP contribution in [0.1, 0.15) is 33.6 Å². The number of carbonyl (C=O) groups is 4. The first kappa shape index (κ1) is 42.6. The highest BCUT2D eigenvalue weighted by Gasteiger charge is 2.19. The number of aliphatic carboxylic acids is 1. The minimum atomic E-state index is -1.57. The Balaban J connectivity index is 3.23. The number of likely N-dealkylation sites (N-methyl/N-ethyl adjacent to an activating group) is 1. The number of carboxylic acid groups (broad SMARTS) is 1. The van der Waals surface area contributed by atoms with E-state index in [1.807, 2.05) is 20.8 Å². The van der Waals surface area contributed by atoms with E-state index in [4.69, 9.17) is 52.5 Å². The highest BCUT2D eigenvalue weighted by atomic mass is 16.6. The molecule has 0 spiro atoms. The van der Waals surface area contributed by atoms with E-state index in [2.05, 4.69) is 0 Å². The number of hydrogen-bond donors (Lipinski definition) is 1. The molecule has 45 heavy (non-hydrogen) atoms. The van der Waals surface area contributed by atoms with Crippen LogP contribution in [0, 0.1) is 0 Å². The molecule has 0 aliphatic rings. The molecule has 264 valence electrons. The predicted octanol–water partition coefficient (Wildman–Crippen LogP) is 0.963. The number of rotatable bonds is 31. The first-order valence-electron chi connectivity index (χ1n) is 15.0. The average Bonchev–Trinajstić information content (AvgIpc) is 2.98. The van der Waals surface area contributed by atoms with E-state index in [1.165, 1.54) is 4.90 Å². The van der Waals surface area contributed by atoms with Crippen LogP contribution in [-0.4, -0.2) is 165 Å². The second-order valence-electron chi connectivity index (χ2n) is 10.2. The van der Waals surface area contributed by atoms with Crippen LogP contribution in [-0.2, 0) is 61.8 Å². The molecule has 0 aromatic rings. The van der Waals surface area contributed by atoms with Crippen molar-refractivity contribution in [1.29, 1.82) is 0 Å². The van der Waals surface area contributed by atoms with Gasteiger partial charge in [0.05, 0.1) is 112 Å². The second kappa shape index (κ2) is 29.0. The molecule has 1 amide bonds.